The summed E-state index contributed by atoms with van der Waals surface area (Å²) < 4.78 is 4.94. The monoisotopic (exact) mass is 488 g/mol. The number of aldehydes is 1. The van der Waals surface area contributed by atoms with Gasteiger partial charge >= 0.3 is 0 Å². The Bertz CT molecular complexity index is 1170. The first-order chi connectivity index (χ1) is 16.4. The average molecular weight is 488 g/mol. The van der Waals surface area contributed by atoms with E-state index in [4.69, 9.17) is 4.74 Å². The number of hydrogen-bond donors (Lipinski definition) is 7. The Kier molecular flexibility index (Phi) is 8.50. The normalized spacial score (nSPS) is 15.9. The van der Waals surface area contributed by atoms with Crippen LogP contribution in [0.25, 0.3) is 12.2 Å². The van der Waals surface area contributed by atoms with Crippen molar-refractivity contribution in [2.45, 2.75) is 17.3 Å². The second-order valence-electron chi connectivity index (χ2n) is 7.44. The molecule has 7 N–H and O–H groups in total. The highest BCUT2D eigenvalue weighted by atomic mass is 16.5. The predicted molar refractivity (Wildman–Crippen MR) is 122 cm³/mol. The Morgan fingerprint density at radius 3 is 1.97 bits per heavy atom. The number of phenolic OH excluding ortho intramolecular Hbond substituents is 3. The summed E-state index contributed by atoms with van der Waals surface area (Å²) in [5.41, 5.74) is -6.45. The second kappa shape index (κ2) is 10.9. The molecule has 186 valence electrons. The maximum atomic E-state index is 12.9. The number of aliphatic hydroxyl groups is 4. The molecule has 0 amide bonds. The molecule has 2 rings (SSSR count). The van der Waals surface area contributed by atoms with E-state index in [0.29, 0.717) is 12.2 Å². The Hall–Kier alpha value is -4.03. The van der Waals surface area contributed by atoms with E-state index < -0.39 is 47.0 Å². The lowest BCUT2D eigenvalue weighted by atomic mass is 9.73. The van der Waals surface area contributed by atoms with Gasteiger partial charge in [-0.15, -0.1) is 0 Å². The molecular weight excluding hydrogens is 464 g/mol. The molecule has 3 atom stereocenters. The number of ether oxygens (including phenoxy) is 1. The summed E-state index contributed by atoms with van der Waals surface area (Å²) in [4.78, 5) is 36.9. The lowest BCUT2D eigenvalue weighted by Gasteiger charge is -2.40. The molecule has 11 heteroatoms. The van der Waals surface area contributed by atoms with Crippen LogP contribution in [-0.4, -0.2) is 84.6 Å². The van der Waals surface area contributed by atoms with Gasteiger partial charge < -0.3 is 45.3 Å². The highest BCUT2D eigenvalue weighted by Gasteiger charge is 2.61. The molecule has 0 bridgehead atoms. The highest BCUT2D eigenvalue weighted by molar-refractivity contribution is 6.11. The zero-order chi connectivity index (χ0) is 26.4. The second-order valence-corrected chi connectivity index (χ2v) is 7.44. The van der Waals surface area contributed by atoms with Gasteiger partial charge in [0, 0.05) is 0 Å². The summed E-state index contributed by atoms with van der Waals surface area (Å²) in [6.45, 7) is -1.56. The molecular formula is C24H24O11. The molecule has 0 saturated carbocycles. The molecule has 0 aromatic heterocycles. The van der Waals surface area contributed by atoms with Crippen LogP contribution in [0.1, 0.15) is 11.1 Å². The third-order valence-corrected chi connectivity index (χ3v) is 5.26. The number of phenols is 3. The summed E-state index contributed by atoms with van der Waals surface area (Å²) in [6, 6.07) is 7.36. The van der Waals surface area contributed by atoms with Crippen LogP contribution in [0, 0.1) is 0 Å². The van der Waals surface area contributed by atoms with E-state index in [9.17, 15) is 50.1 Å². The first kappa shape index (κ1) is 27.2. The fourth-order valence-electron chi connectivity index (χ4n) is 3.13. The fourth-order valence-corrected chi connectivity index (χ4v) is 3.13. The molecule has 35 heavy (non-hydrogen) atoms. The van der Waals surface area contributed by atoms with E-state index in [1.54, 1.807) is 0 Å². The van der Waals surface area contributed by atoms with E-state index in [1.807, 2.05) is 0 Å². The van der Waals surface area contributed by atoms with Crippen molar-refractivity contribution in [3.8, 4) is 23.0 Å². The average Bonchev–Trinajstić information content (AvgIpc) is 2.86. The molecule has 0 aliphatic heterocycles. The number of carbonyl (C=O) groups excluding carboxylic acids is 3. The number of benzene rings is 2. The molecule has 0 spiro atoms. The van der Waals surface area contributed by atoms with Crippen molar-refractivity contribution in [1.82, 2.24) is 0 Å². The number of rotatable bonds is 11. The molecule has 0 radical (unpaired) electrons. The van der Waals surface area contributed by atoms with Gasteiger partial charge in [0.15, 0.2) is 52.1 Å². The van der Waals surface area contributed by atoms with Crippen molar-refractivity contribution in [2.75, 3.05) is 13.7 Å². The van der Waals surface area contributed by atoms with Crippen LogP contribution < -0.4 is 4.74 Å². The summed E-state index contributed by atoms with van der Waals surface area (Å²) in [5, 5.41) is 70.2. The van der Waals surface area contributed by atoms with Gasteiger partial charge in [-0.3, -0.25) is 9.59 Å². The third-order valence-electron chi connectivity index (χ3n) is 5.26. The van der Waals surface area contributed by atoms with Crippen molar-refractivity contribution in [1.29, 1.82) is 0 Å². The SMILES string of the molecule is COc1cc(/C=C/C(=O)[C@](O)([C@H](O)C=O)[C@](O)(CO)C(=O)/C=C/c2ccc(O)c(O)c2)ccc1O. The Labute approximate surface area is 199 Å². The van der Waals surface area contributed by atoms with Crippen LogP contribution in [-0.2, 0) is 14.4 Å². The summed E-state index contributed by atoms with van der Waals surface area (Å²) in [5.74, 6) is -4.05. The smallest absolute Gasteiger partial charge is 0.198 e. The molecule has 0 unspecified atom stereocenters. The number of hydrogen-bond acceptors (Lipinski definition) is 11. The number of carbonyl (C=O) groups is 3. The molecule has 0 saturated heterocycles. The maximum absolute atomic E-state index is 12.9. The van der Waals surface area contributed by atoms with Crippen molar-refractivity contribution in [3.05, 3.63) is 59.7 Å². The number of aromatic hydroxyl groups is 3. The van der Waals surface area contributed by atoms with Crippen molar-refractivity contribution in [2.24, 2.45) is 0 Å². The first-order valence-electron chi connectivity index (χ1n) is 9.97. The molecule has 0 fully saturated rings. The number of methoxy groups -OCH3 is 1. The summed E-state index contributed by atoms with van der Waals surface area (Å²) >= 11 is 0. The molecule has 2 aromatic rings. The fraction of sp³-hybridized carbons (Fsp3) is 0.208. The van der Waals surface area contributed by atoms with Crippen LogP contribution in [0.5, 0.6) is 23.0 Å². The number of aliphatic hydroxyl groups excluding tert-OH is 2. The zero-order valence-corrected chi connectivity index (χ0v) is 18.4. The molecule has 0 aliphatic carbocycles. The minimum atomic E-state index is -3.50. The van der Waals surface area contributed by atoms with E-state index in [0.717, 1.165) is 24.3 Å². The summed E-state index contributed by atoms with van der Waals surface area (Å²) in [6.07, 6.45) is 0.510. The number of ketones is 2. The lowest BCUT2D eigenvalue weighted by molar-refractivity contribution is -0.205. The zero-order valence-electron chi connectivity index (χ0n) is 18.4. The Morgan fingerprint density at radius 2 is 1.46 bits per heavy atom. The first-order valence-corrected chi connectivity index (χ1v) is 9.97. The van der Waals surface area contributed by atoms with Crippen LogP contribution in [0.4, 0.5) is 0 Å². The molecule has 11 nitrogen and oxygen atoms in total. The molecule has 2 aromatic carbocycles. The van der Waals surface area contributed by atoms with Gasteiger partial charge in [0.05, 0.1) is 13.7 Å². The third kappa shape index (κ3) is 5.39. The lowest BCUT2D eigenvalue weighted by Crippen LogP contribution is -2.70. The maximum Gasteiger partial charge on any atom is 0.198 e. The van der Waals surface area contributed by atoms with Gasteiger partial charge in [-0.05, 0) is 47.5 Å². The van der Waals surface area contributed by atoms with Gasteiger partial charge in [0.1, 0.15) is 6.10 Å². The molecule has 0 aliphatic rings. The van der Waals surface area contributed by atoms with Crippen LogP contribution in [0.3, 0.4) is 0 Å². The standard InChI is InChI=1S/C24H24O11/c1-35-19-11-15(3-7-17(19)28)5-9-21(31)24(34,22(32)12-25)23(33,13-26)20(30)8-4-14-2-6-16(27)18(29)10-14/h2-12,22,26-29,32-34H,13H2,1H3/b8-4+,9-5+/t22-,23+,24+/m1/s1. The van der Waals surface area contributed by atoms with Crippen LogP contribution in [0.2, 0.25) is 0 Å². The van der Waals surface area contributed by atoms with Gasteiger partial charge in [-0.2, -0.15) is 0 Å². The molecule has 0 heterocycles. The van der Waals surface area contributed by atoms with Gasteiger partial charge in [-0.25, -0.2) is 0 Å². The minimum Gasteiger partial charge on any atom is -0.504 e. The van der Waals surface area contributed by atoms with E-state index in [1.165, 1.54) is 31.4 Å². The highest BCUT2D eigenvalue weighted by Crippen LogP contribution is 2.31. The van der Waals surface area contributed by atoms with E-state index in [2.05, 4.69) is 0 Å². The van der Waals surface area contributed by atoms with E-state index in [-0.39, 0.29) is 28.9 Å². The minimum absolute atomic E-state index is 0.0511. The van der Waals surface area contributed by atoms with Crippen LogP contribution >= 0.6 is 0 Å². The van der Waals surface area contributed by atoms with Gasteiger partial charge in [-0.1, -0.05) is 24.3 Å². The van der Waals surface area contributed by atoms with Gasteiger partial charge in [0.2, 0.25) is 0 Å². The van der Waals surface area contributed by atoms with Gasteiger partial charge in [0.25, 0.3) is 0 Å². The topological polar surface area (TPSA) is 202 Å². The van der Waals surface area contributed by atoms with Crippen molar-refractivity contribution >= 4 is 30.0 Å². The Balaban J connectivity index is 2.45. The summed E-state index contributed by atoms with van der Waals surface area (Å²) in [7, 11) is 1.28. The Morgan fingerprint density at radius 1 is 0.914 bits per heavy atom. The largest absolute Gasteiger partial charge is 0.504 e. The van der Waals surface area contributed by atoms with Crippen LogP contribution in [0.15, 0.2) is 48.6 Å². The van der Waals surface area contributed by atoms with Crippen molar-refractivity contribution < 1.29 is 54.9 Å². The van der Waals surface area contributed by atoms with E-state index >= 15 is 0 Å². The quantitative estimate of drug-likeness (QED) is 0.124. The predicted octanol–water partition coefficient (Wildman–Crippen LogP) is -0.309. The van der Waals surface area contributed by atoms with Crippen molar-refractivity contribution in [3.63, 3.8) is 0 Å².